The number of fused-ring (bicyclic) bond motifs is 1. The number of hydrogen-bond acceptors (Lipinski definition) is 5. The van der Waals surface area contributed by atoms with Crippen molar-refractivity contribution in [3.63, 3.8) is 0 Å². The SMILES string of the molecule is C[C@H]1C[C@H](C)CN(c2nc3ccccc3nc2[C@@H](C#N)C(=O)NCc2ccccc2)C1. The molecule has 158 valence electrons. The normalized spacial score (nSPS) is 19.6. The minimum absolute atomic E-state index is 0.352. The lowest BCUT2D eigenvalue weighted by Gasteiger charge is -2.36. The average Bonchev–Trinajstić information content (AvgIpc) is 2.78. The smallest absolute Gasteiger partial charge is 0.243 e. The van der Waals surface area contributed by atoms with Crippen molar-refractivity contribution in [3.8, 4) is 6.07 Å². The quantitative estimate of drug-likeness (QED) is 0.683. The molecule has 1 amide bonds. The lowest BCUT2D eigenvalue weighted by molar-refractivity contribution is -0.121. The monoisotopic (exact) mass is 413 g/mol. The molecule has 1 N–H and O–H groups in total. The maximum absolute atomic E-state index is 13.0. The first-order valence-electron chi connectivity index (χ1n) is 10.8. The maximum Gasteiger partial charge on any atom is 0.243 e. The van der Waals surface area contributed by atoms with Gasteiger partial charge in [-0.25, -0.2) is 9.97 Å². The highest BCUT2D eigenvalue weighted by molar-refractivity contribution is 5.88. The van der Waals surface area contributed by atoms with Crippen molar-refractivity contribution in [3.05, 3.63) is 65.9 Å². The van der Waals surface area contributed by atoms with Gasteiger partial charge in [-0.1, -0.05) is 56.3 Å². The molecule has 6 nitrogen and oxygen atoms in total. The van der Waals surface area contributed by atoms with Gasteiger partial charge in [0.05, 0.1) is 17.1 Å². The third kappa shape index (κ3) is 4.66. The lowest BCUT2D eigenvalue weighted by Crippen LogP contribution is -2.40. The number of hydrogen-bond donors (Lipinski definition) is 1. The van der Waals surface area contributed by atoms with Crippen molar-refractivity contribution in [2.45, 2.75) is 32.7 Å². The van der Waals surface area contributed by atoms with Gasteiger partial charge in [0.15, 0.2) is 11.7 Å². The van der Waals surface area contributed by atoms with Crippen molar-refractivity contribution >= 4 is 22.8 Å². The Bertz CT molecular complexity index is 1100. The van der Waals surface area contributed by atoms with Crippen LogP contribution >= 0.6 is 0 Å². The van der Waals surface area contributed by atoms with Crippen LogP contribution in [0.2, 0.25) is 0 Å². The Morgan fingerprint density at radius 2 is 1.68 bits per heavy atom. The minimum atomic E-state index is -1.02. The molecule has 6 heteroatoms. The number of aromatic nitrogens is 2. The van der Waals surface area contributed by atoms with Crippen LogP contribution in [0.1, 0.15) is 37.4 Å². The van der Waals surface area contributed by atoms with Crippen molar-refractivity contribution in [1.82, 2.24) is 15.3 Å². The summed E-state index contributed by atoms with van der Waals surface area (Å²) in [7, 11) is 0. The molecule has 2 aromatic carbocycles. The van der Waals surface area contributed by atoms with Crippen LogP contribution in [0, 0.1) is 23.2 Å². The van der Waals surface area contributed by atoms with Gasteiger partial charge < -0.3 is 10.2 Å². The number of para-hydroxylation sites is 2. The van der Waals surface area contributed by atoms with Crippen LogP contribution in [0.5, 0.6) is 0 Å². The highest BCUT2D eigenvalue weighted by atomic mass is 16.1. The van der Waals surface area contributed by atoms with Crippen molar-refractivity contribution in [1.29, 1.82) is 5.26 Å². The zero-order chi connectivity index (χ0) is 21.8. The van der Waals surface area contributed by atoms with Crippen LogP contribution in [0.4, 0.5) is 5.82 Å². The van der Waals surface area contributed by atoms with Crippen LogP contribution < -0.4 is 10.2 Å². The molecule has 1 saturated heterocycles. The van der Waals surface area contributed by atoms with Crippen LogP contribution in [0.25, 0.3) is 11.0 Å². The van der Waals surface area contributed by atoms with Gasteiger partial charge in [0.2, 0.25) is 5.91 Å². The summed E-state index contributed by atoms with van der Waals surface area (Å²) in [6.45, 7) is 6.50. The zero-order valence-corrected chi connectivity index (χ0v) is 18.0. The molecule has 0 aliphatic carbocycles. The Labute approximate surface area is 182 Å². The fourth-order valence-electron chi connectivity index (χ4n) is 4.40. The van der Waals surface area contributed by atoms with Crippen LogP contribution in [-0.4, -0.2) is 29.0 Å². The average molecular weight is 414 g/mol. The molecule has 31 heavy (non-hydrogen) atoms. The molecular formula is C25H27N5O. The molecule has 1 aromatic heterocycles. The van der Waals surface area contributed by atoms with E-state index in [1.807, 2.05) is 54.6 Å². The van der Waals surface area contributed by atoms with Gasteiger partial charge in [-0.15, -0.1) is 0 Å². The van der Waals surface area contributed by atoms with Crippen molar-refractivity contribution < 1.29 is 4.79 Å². The van der Waals surface area contributed by atoms with E-state index in [2.05, 4.69) is 30.1 Å². The maximum atomic E-state index is 13.0. The summed E-state index contributed by atoms with van der Waals surface area (Å²) in [6.07, 6.45) is 1.16. The van der Waals surface area contributed by atoms with E-state index in [-0.39, 0.29) is 5.91 Å². The second-order valence-corrected chi connectivity index (χ2v) is 8.54. The first-order chi connectivity index (χ1) is 15.0. The molecule has 0 bridgehead atoms. The number of rotatable bonds is 5. The van der Waals surface area contributed by atoms with E-state index < -0.39 is 5.92 Å². The topological polar surface area (TPSA) is 81.9 Å². The number of amides is 1. The minimum Gasteiger partial charge on any atom is -0.355 e. The molecule has 0 radical (unpaired) electrons. The molecule has 0 saturated carbocycles. The predicted octanol–water partition coefficient (Wildman–Crippen LogP) is 4.04. The third-order valence-corrected chi connectivity index (χ3v) is 5.72. The molecule has 3 atom stereocenters. The molecule has 3 aromatic rings. The van der Waals surface area contributed by atoms with Gasteiger partial charge in [0.25, 0.3) is 0 Å². The molecule has 0 unspecified atom stereocenters. The first kappa shape index (κ1) is 20.8. The molecular weight excluding hydrogens is 386 g/mol. The molecule has 4 rings (SSSR count). The van der Waals surface area contributed by atoms with E-state index in [9.17, 15) is 10.1 Å². The number of benzene rings is 2. The fraction of sp³-hybridized carbons (Fsp3) is 0.360. The van der Waals surface area contributed by atoms with E-state index in [4.69, 9.17) is 9.97 Å². The van der Waals surface area contributed by atoms with Crippen LogP contribution in [0.15, 0.2) is 54.6 Å². The second-order valence-electron chi connectivity index (χ2n) is 8.54. The summed E-state index contributed by atoms with van der Waals surface area (Å²) >= 11 is 0. The first-order valence-corrected chi connectivity index (χ1v) is 10.8. The van der Waals surface area contributed by atoms with E-state index >= 15 is 0 Å². The summed E-state index contributed by atoms with van der Waals surface area (Å²) in [5.74, 6) is 0.298. The highest BCUT2D eigenvalue weighted by Gasteiger charge is 2.31. The van der Waals surface area contributed by atoms with E-state index in [0.29, 0.717) is 35.4 Å². The fourth-order valence-corrected chi connectivity index (χ4v) is 4.40. The van der Waals surface area contributed by atoms with Crippen LogP contribution in [0.3, 0.4) is 0 Å². The van der Waals surface area contributed by atoms with Crippen LogP contribution in [-0.2, 0) is 11.3 Å². The Morgan fingerprint density at radius 3 is 2.32 bits per heavy atom. The van der Waals surface area contributed by atoms with Gasteiger partial charge >= 0.3 is 0 Å². The molecule has 1 fully saturated rings. The molecule has 0 spiro atoms. The zero-order valence-electron chi connectivity index (χ0n) is 18.0. The number of nitrogens with zero attached hydrogens (tertiary/aromatic N) is 4. The molecule has 1 aliphatic rings. The summed E-state index contributed by atoms with van der Waals surface area (Å²) in [5.41, 5.74) is 2.88. The number of piperidine rings is 1. The number of carbonyl (C=O) groups excluding carboxylic acids is 1. The molecule has 1 aliphatic heterocycles. The Balaban J connectivity index is 1.69. The van der Waals surface area contributed by atoms with Gasteiger partial charge in [-0.3, -0.25) is 4.79 Å². The van der Waals surface area contributed by atoms with Gasteiger partial charge in [-0.05, 0) is 36.0 Å². The summed E-state index contributed by atoms with van der Waals surface area (Å²) in [5, 5.41) is 12.8. The Kier molecular flexibility index (Phi) is 6.13. The van der Waals surface area contributed by atoms with E-state index in [1.54, 1.807) is 0 Å². The molecule has 2 heterocycles. The predicted molar refractivity (Wildman–Crippen MR) is 121 cm³/mol. The number of nitriles is 1. The second kappa shape index (κ2) is 9.13. The number of carbonyl (C=O) groups is 1. The van der Waals surface area contributed by atoms with Gasteiger partial charge in [0, 0.05) is 19.6 Å². The number of nitrogens with one attached hydrogen (secondary N) is 1. The Hall–Kier alpha value is -3.46. The summed E-state index contributed by atoms with van der Waals surface area (Å²) < 4.78 is 0. The summed E-state index contributed by atoms with van der Waals surface area (Å²) in [6, 6.07) is 19.5. The summed E-state index contributed by atoms with van der Waals surface area (Å²) in [4.78, 5) is 24.9. The van der Waals surface area contributed by atoms with E-state index in [1.165, 1.54) is 0 Å². The lowest BCUT2D eigenvalue weighted by atomic mass is 9.91. The van der Waals surface area contributed by atoms with Crippen molar-refractivity contribution in [2.24, 2.45) is 11.8 Å². The highest BCUT2D eigenvalue weighted by Crippen LogP contribution is 2.31. The third-order valence-electron chi connectivity index (χ3n) is 5.72. The van der Waals surface area contributed by atoms with Crippen molar-refractivity contribution in [2.75, 3.05) is 18.0 Å². The standard InChI is InChI=1S/C25H27N5O/c1-17-12-18(2)16-30(15-17)24-23(28-21-10-6-7-11-22(21)29-24)20(13-26)25(31)27-14-19-8-4-3-5-9-19/h3-11,17-18,20H,12,14-16H2,1-2H3,(H,27,31)/t17-,18-,20+/m0/s1. The van der Waals surface area contributed by atoms with Gasteiger partial charge in [-0.2, -0.15) is 5.26 Å². The van der Waals surface area contributed by atoms with Gasteiger partial charge in [0.1, 0.15) is 5.69 Å². The largest absolute Gasteiger partial charge is 0.355 e. The number of anilines is 1. The van der Waals surface area contributed by atoms with E-state index in [0.717, 1.165) is 30.6 Å². The Morgan fingerprint density at radius 1 is 1.06 bits per heavy atom.